The van der Waals surface area contributed by atoms with E-state index in [-0.39, 0.29) is 12.7 Å². The predicted octanol–water partition coefficient (Wildman–Crippen LogP) is 2.25. The van der Waals surface area contributed by atoms with Crippen molar-refractivity contribution in [2.24, 2.45) is 0 Å². The maximum Gasteiger partial charge on any atom is 0.331 e. The highest BCUT2D eigenvalue weighted by atomic mass is 16.5. The molecule has 24 heavy (non-hydrogen) atoms. The van der Waals surface area contributed by atoms with Gasteiger partial charge in [0.25, 0.3) is 0 Å². The van der Waals surface area contributed by atoms with Crippen molar-refractivity contribution in [2.45, 2.75) is 32.9 Å². The highest BCUT2D eigenvalue weighted by molar-refractivity contribution is 5.92. The zero-order valence-electron chi connectivity index (χ0n) is 13.9. The van der Waals surface area contributed by atoms with Gasteiger partial charge in [-0.3, -0.25) is 0 Å². The van der Waals surface area contributed by atoms with Crippen molar-refractivity contribution >= 4 is 23.7 Å². The van der Waals surface area contributed by atoms with Gasteiger partial charge in [0.05, 0.1) is 12.1 Å². The Bertz CT molecular complexity index is 584. The van der Waals surface area contributed by atoms with Crippen LogP contribution in [0.15, 0.2) is 42.5 Å². The fourth-order valence-electron chi connectivity index (χ4n) is 1.62. The maximum atomic E-state index is 11.7. The average molecular weight is 334 g/mol. The number of anilines is 1. The van der Waals surface area contributed by atoms with Crippen LogP contribution in [0.5, 0.6) is 0 Å². The first-order valence-corrected chi connectivity index (χ1v) is 7.55. The molecule has 0 fully saturated rings. The van der Waals surface area contributed by atoms with Gasteiger partial charge in [0.1, 0.15) is 6.61 Å². The zero-order chi connectivity index (χ0) is 17.9. The van der Waals surface area contributed by atoms with Gasteiger partial charge in [-0.1, -0.05) is 18.2 Å². The second-order valence-electron chi connectivity index (χ2n) is 5.31. The van der Waals surface area contributed by atoms with Crippen molar-refractivity contribution in [3.63, 3.8) is 0 Å². The number of amides is 2. The van der Waals surface area contributed by atoms with E-state index in [2.05, 4.69) is 10.6 Å². The molecule has 0 aliphatic heterocycles. The van der Waals surface area contributed by atoms with E-state index in [9.17, 15) is 14.4 Å². The molecule has 1 rings (SSSR count). The molecule has 1 aromatic carbocycles. The van der Waals surface area contributed by atoms with Gasteiger partial charge < -0.3 is 20.1 Å². The Kier molecular flexibility index (Phi) is 8.04. The lowest BCUT2D eigenvalue weighted by Gasteiger charge is -2.14. The first-order chi connectivity index (χ1) is 11.4. The van der Waals surface area contributed by atoms with Gasteiger partial charge in [-0.25, -0.2) is 14.4 Å². The Morgan fingerprint density at radius 1 is 1.04 bits per heavy atom. The Morgan fingerprint density at radius 3 is 2.29 bits per heavy atom. The van der Waals surface area contributed by atoms with Gasteiger partial charge >= 0.3 is 18.0 Å². The molecule has 0 unspecified atom stereocenters. The largest absolute Gasteiger partial charge is 0.460 e. The number of nitrogens with one attached hydrogen (secondary N) is 2. The predicted molar refractivity (Wildman–Crippen MR) is 89.4 cm³/mol. The number of urea groups is 1. The van der Waals surface area contributed by atoms with Crippen LogP contribution >= 0.6 is 0 Å². The lowest BCUT2D eigenvalue weighted by molar-refractivity contribution is -0.143. The lowest BCUT2D eigenvalue weighted by Crippen LogP contribution is -2.39. The summed E-state index contributed by atoms with van der Waals surface area (Å²) < 4.78 is 9.77. The van der Waals surface area contributed by atoms with Gasteiger partial charge in [0.2, 0.25) is 0 Å². The van der Waals surface area contributed by atoms with E-state index in [4.69, 9.17) is 9.47 Å². The fourth-order valence-corrected chi connectivity index (χ4v) is 1.62. The van der Waals surface area contributed by atoms with Crippen molar-refractivity contribution in [3.05, 3.63) is 42.5 Å². The van der Waals surface area contributed by atoms with Gasteiger partial charge in [-0.05, 0) is 32.9 Å². The fraction of sp³-hybridized carbons (Fsp3) is 0.353. The Labute approximate surface area is 141 Å². The molecule has 0 saturated carbocycles. The molecule has 0 spiro atoms. The molecular weight excluding hydrogens is 312 g/mol. The van der Waals surface area contributed by atoms with Crippen molar-refractivity contribution in [1.29, 1.82) is 0 Å². The number of hydrogen-bond acceptors (Lipinski definition) is 5. The van der Waals surface area contributed by atoms with E-state index >= 15 is 0 Å². The monoisotopic (exact) mass is 334 g/mol. The third-order valence-corrected chi connectivity index (χ3v) is 2.59. The highest BCUT2D eigenvalue weighted by Crippen LogP contribution is 2.04. The number of carbonyl (C=O) groups excluding carboxylic acids is 3. The van der Waals surface area contributed by atoms with Crippen molar-refractivity contribution < 1.29 is 23.9 Å². The zero-order valence-corrected chi connectivity index (χ0v) is 13.9. The number of para-hydroxylation sites is 1. The Hall–Kier alpha value is -2.83. The van der Waals surface area contributed by atoms with E-state index < -0.39 is 24.0 Å². The quantitative estimate of drug-likeness (QED) is 0.589. The smallest absolute Gasteiger partial charge is 0.331 e. The Morgan fingerprint density at radius 2 is 1.67 bits per heavy atom. The van der Waals surface area contributed by atoms with Crippen LogP contribution in [0.3, 0.4) is 0 Å². The summed E-state index contributed by atoms with van der Waals surface area (Å²) in [5.74, 6) is -1.30. The average Bonchev–Trinajstić information content (AvgIpc) is 2.51. The molecule has 0 radical (unpaired) electrons. The molecule has 0 heterocycles. The van der Waals surface area contributed by atoms with Crippen LogP contribution in [0, 0.1) is 0 Å². The first kappa shape index (κ1) is 19.2. The molecule has 1 atom stereocenters. The minimum absolute atomic E-state index is 0.0232. The summed E-state index contributed by atoms with van der Waals surface area (Å²) >= 11 is 0. The molecule has 0 aliphatic rings. The van der Waals surface area contributed by atoms with Crippen molar-refractivity contribution in [1.82, 2.24) is 5.32 Å². The third kappa shape index (κ3) is 8.57. The molecule has 7 nitrogen and oxygen atoms in total. The summed E-state index contributed by atoms with van der Waals surface area (Å²) in [5.41, 5.74) is 0.658. The van der Waals surface area contributed by atoms with Crippen molar-refractivity contribution in [2.75, 3.05) is 11.9 Å². The molecule has 2 amide bonds. The van der Waals surface area contributed by atoms with Gasteiger partial charge in [-0.15, -0.1) is 0 Å². The van der Waals surface area contributed by atoms with Crippen molar-refractivity contribution in [3.8, 4) is 0 Å². The Balaban J connectivity index is 2.28. The number of hydrogen-bond donors (Lipinski definition) is 2. The molecular formula is C17H22N2O5. The van der Waals surface area contributed by atoms with Crippen LogP contribution in [0.1, 0.15) is 20.8 Å². The molecule has 7 heteroatoms. The third-order valence-electron chi connectivity index (χ3n) is 2.59. The molecule has 0 bridgehead atoms. The van der Waals surface area contributed by atoms with Crippen LogP contribution < -0.4 is 10.6 Å². The summed E-state index contributed by atoms with van der Waals surface area (Å²) in [4.78, 5) is 34.4. The number of ether oxygens (including phenoxy) is 2. The van der Waals surface area contributed by atoms with Crippen LogP contribution in [0.2, 0.25) is 0 Å². The number of esters is 2. The van der Waals surface area contributed by atoms with Gasteiger partial charge in [0.15, 0.2) is 0 Å². The van der Waals surface area contributed by atoms with Gasteiger partial charge in [0, 0.05) is 17.8 Å². The van der Waals surface area contributed by atoms with E-state index in [1.807, 2.05) is 6.07 Å². The van der Waals surface area contributed by atoms with E-state index in [0.717, 1.165) is 12.2 Å². The summed E-state index contributed by atoms with van der Waals surface area (Å²) in [7, 11) is 0. The molecule has 0 aromatic heterocycles. The SMILES string of the molecule is CC(C)OC(=O)/C=C/C(=O)OC[C@@H](C)NC(=O)Nc1ccccc1. The van der Waals surface area contributed by atoms with Crippen LogP contribution in [-0.2, 0) is 19.1 Å². The van der Waals surface area contributed by atoms with Gasteiger partial charge in [-0.2, -0.15) is 0 Å². The normalized spacial score (nSPS) is 11.8. The standard InChI is InChI=1S/C17H22N2O5/c1-12(2)24-16(21)10-9-15(20)23-11-13(3)18-17(22)19-14-7-5-4-6-8-14/h4-10,12-13H,11H2,1-3H3,(H2,18,19,22)/b10-9+/t13-/m1/s1. The first-order valence-electron chi connectivity index (χ1n) is 7.55. The molecule has 1 aromatic rings. The lowest BCUT2D eigenvalue weighted by atomic mass is 10.3. The van der Waals surface area contributed by atoms with E-state index in [1.165, 1.54) is 0 Å². The topological polar surface area (TPSA) is 93.7 Å². The summed E-state index contributed by atoms with van der Waals surface area (Å²) in [6, 6.07) is 8.16. The van der Waals surface area contributed by atoms with Crippen LogP contribution in [0.25, 0.3) is 0 Å². The minimum Gasteiger partial charge on any atom is -0.460 e. The molecule has 0 saturated heterocycles. The maximum absolute atomic E-state index is 11.7. The summed E-state index contributed by atoms with van der Waals surface area (Å²) in [6.45, 7) is 5.08. The molecule has 130 valence electrons. The van der Waals surface area contributed by atoms with E-state index in [0.29, 0.717) is 5.69 Å². The highest BCUT2D eigenvalue weighted by Gasteiger charge is 2.10. The number of carbonyl (C=O) groups is 3. The second-order valence-corrected chi connectivity index (χ2v) is 5.31. The second kappa shape index (κ2) is 10.0. The molecule has 2 N–H and O–H groups in total. The summed E-state index contributed by atoms with van der Waals surface area (Å²) in [6.07, 6.45) is 1.73. The number of rotatable bonds is 7. The molecule has 0 aliphatic carbocycles. The summed E-state index contributed by atoms with van der Waals surface area (Å²) in [5, 5.41) is 5.28. The van der Waals surface area contributed by atoms with Crippen LogP contribution in [-0.4, -0.2) is 36.7 Å². The van der Waals surface area contributed by atoms with Crippen LogP contribution in [0.4, 0.5) is 10.5 Å². The van der Waals surface area contributed by atoms with E-state index in [1.54, 1.807) is 45.0 Å². The number of benzene rings is 1. The minimum atomic E-state index is -0.687.